The van der Waals surface area contributed by atoms with Crippen LogP contribution in [0.5, 0.6) is 0 Å². The molecule has 8 aromatic heterocycles. The molecule has 0 N–H and O–H groups in total. The van der Waals surface area contributed by atoms with Gasteiger partial charge in [0, 0.05) is 76.2 Å². The van der Waals surface area contributed by atoms with Crippen molar-refractivity contribution in [2.75, 3.05) is 0 Å². The van der Waals surface area contributed by atoms with E-state index in [1.54, 1.807) is 15.2 Å². The van der Waals surface area contributed by atoms with Gasteiger partial charge >= 0.3 is 0 Å². The van der Waals surface area contributed by atoms with Crippen molar-refractivity contribution in [1.29, 1.82) is 0 Å². The maximum atomic E-state index is 4.70. The number of nitrogens with zero attached hydrogens (tertiary/aromatic N) is 16. The summed E-state index contributed by atoms with van der Waals surface area (Å²) < 4.78 is 10.9. The van der Waals surface area contributed by atoms with Crippen LogP contribution >= 0.6 is 0 Å². The first-order valence-corrected chi connectivity index (χ1v) is 17.6. The average Bonchev–Trinajstić information content (AvgIpc) is 3.54. The van der Waals surface area contributed by atoms with Crippen molar-refractivity contribution in [1.82, 2.24) is 78.3 Å². The normalized spacial score (nSPS) is 19.0. The number of aromatic nitrogens is 16. The van der Waals surface area contributed by atoms with Crippen molar-refractivity contribution in [2.24, 2.45) is 28.2 Å². The van der Waals surface area contributed by atoms with Crippen LogP contribution in [0.3, 0.4) is 0 Å². The molecule has 8 heterocycles. The summed E-state index contributed by atoms with van der Waals surface area (Å²) in [6.07, 6.45) is 13.9. The van der Waals surface area contributed by atoms with Gasteiger partial charge in [0.1, 0.15) is 11.4 Å². The highest BCUT2D eigenvalue weighted by atomic mass is 15.4. The lowest BCUT2D eigenvalue weighted by molar-refractivity contribution is 0.742. The van der Waals surface area contributed by atoms with Crippen LogP contribution in [0.1, 0.15) is 84.3 Å². The van der Waals surface area contributed by atoms with E-state index in [2.05, 4.69) is 64.9 Å². The lowest BCUT2D eigenvalue weighted by Crippen LogP contribution is -1.97. The minimum absolute atomic E-state index is 0.445. The maximum Gasteiger partial charge on any atom is 0.252 e. The third-order valence-electron chi connectivity index (χ3n) is 9.68. The summed E-state index contributed by atoms with van der Waals surface area (Å²) in [6, 6.07) is 8.04. The van der Waals surface area contributed by atoms with Gasteiger partial charge in [0.2, 0.25) is 11.6 Å². The molecule has 16 nitrogen and oxygen atoms in total. The molecule has 0 saturated heterocycles. The zero-order chi connectivity index (χ0) is 36.3. The van der Waals surface area contributed by atoms with Crippen molar-refractivity contribution in [2.45, 2.75) is 64.2 Å². The zero-order valence-electron chi connectivity index (χ0n) is 30.7. The third-order valence-corrected chi connectivity index (χ3v) is 9.68. The first kappa shape index (κ1) is 33.1. The summed E-state index contributed by atoms with van der Waals surface area (Å²) in [7, 11) is 7.77. The van der Waals surface area contributed by atoms with Crippen molar-refractivity contribution in [3.8, 4) is 23.0 Å². The summed E-state index contributed by atoms with van der Waals surface area (Å²) in [4.78, 5) is 17.8. The number of hydrogen-bond donors (Lipinski definition) is 0. The lowest BCUT2D eigenvalue weighted by atomic mass is 10.1. The molecule has 2 saturated carbocycles. The lowest BCUT2D eigenvalue weighted by Gasteiger charge is -1.94. The molecular weight excluding hydrogens is 657 g/mol. The van der Waals surface area contributed by atoms with E-state index in [-0.39, 0.29) is 0 Å². The molecule has 8 aromatic rings. The highest BCUT2D eigenvalue weighted by Gasteiger charge is 2.43. The third kappa shape index (κ3) is 6.13. The standard InChI is InChI=1S/2C17H18N8.C2H6/c1-10-4-5-25-17(19-10)20-16(22-25)15-7-14(21-24(15)3)13-6-12(13)11-8-18-23(2)9-11;1-10-4-5-18-17-20-16(22-25(10)17)15-7-14(21-24(15)3)13-6-12(13)11-8-19-23(2)9-11;1-2/h2*4-5,7-9,12-13H,6H2,1-3H3;1-2H3. The zero-order valence-corrected chi connectivity index (χ0v) is 30.7. The fraction of sp³-hybridized carbons (Fsp3) is 0.389. The number of hydrogen-bond acceptors (Lipinski definition) is 10. The van der Waals surface area contributed by atoms with Crippen molar-refractivity contribution >= 4 is 11.6 Å². The first-order chi connectivity index (χ1) is 25.2. The topological polar surface area (TPSA) is 157 Å². The molecular formula is C36H42N16. The smallest absolute Gasteiger partial charge is 0.252 e. The van der Waals surface area contributed by atoms with Crippen LogP contribution in [-0.4, -0.2) is 78.3 Å². The number of fused-ring (bicyclic) bond motifs is 2. The minimum Gasteiger partial charge on any atom is -0.276 e. The predicted octanol–water partition coefficient (Wildman–Crippen LogP) is 4.70. The van der Waals surface area contributed by atoms with Crippen molar-refractivity contribution < 1.29 is 0 Å². The summed E-state index contributed by atoms with van der Waals surface area (Å²) in [5.41, 5.74) is 8.51. The van der Waals surface area contributed by atoms with Gasteiger partial charge in [0.15, 0.2) is 0 Å². The molecule has 2 aliphatic rings. The van der Waals surface area contributed by atoms with Gasteiger partial charge in [0.05, 0.1) is 23.8 Å². The van der Waals surface area contributed by atoms with Crippen LogP contribution < -0.4 is 0 Å². The monoisotopic (exact) mass is 698 g/mol. The Morgan fingerprint density at radius 3 is 1.73 bits per heavy atom. The Morgan fingerprint density at radius 1 is 0.635 bits per heavy atom. The van der Waals surface area contributed by atoms with E-state index in [0.717, 1.165) is 47.0 Å². The van der Waals surface area contributed by atoms with Crippen molar-refractivity contribution in [3.63, 3.8) is 0 Å². The van der Waals surface area contributed by atoms with Gasteiger partial charge in [-0.05, 0) is 73.9 Å². The van der Waals surface area contributed by atoms with Gasteiger partial charge in [-0.25, -0.2) is 19.0 Å². The molecule has 16 heteroatoms. The van der Waals surface area contributed by atoms with E-state index >= 15 is 0 Å². The molecule has 0 aromatic carbocycles. The molecule has 4 unspecified atom stereocenters. The Balaban J connectivity index is 0.000000142. The predicted molar refractivity (Wildman–Crippen MR) is 193 cm³/mol. The van der Waals surface area contributed by atoms with Crippen LogP contribution in [0.4, 0.5) is 0 Å². The Morgan fingerprint density at radius 2 is 1.19 bits per heavy atom. The van der Waals surface area contributed by atoms with Gasteiger partial charge in [0.25, 0.3) is 11.6 Å². The second-order valence-electron chi connectivity index (χ2n) is 13.4. The number of aryl methyl sites for hydroxylation is 6. The fourth-order valence-electron chi connectivity index (χ4n) is 6.79. The molecule has 0 radical (unpaired) electrons. The Hall–Kier alpha value is -6.06. The maximum absolute atomic E-state index is 4.70. The second-order valence-corrected chi connectivity index (χ2v) is 13.4. The Kier molecular flexibility index (Phi) is 8.23. The van der Waals surface area contributed by atoms with Crippen LogP contribution in [0.15, 0.2) is 61.4 Å². The van der Waals surface area contributed by atoms with Gasteiger partial charge in [-0.3, -0.25) is 18.7 Å². The molecule has 266 valence electrons. The molecule has 52 heavy (non-hydrogen) atoms. The molecule has 0 aliphatic heterocycles. The van der Waals surface area contributed by atoms with E-state index in [9.17, 15) is 0 Å². The fourth-order valence-corrected chi connectivity index (χ4v) is 6.79. The SMILES string of the molecule is CC.Cc1ccn2nc(-c3cc(C4CC4c4cnn(C)c4)nn3C)nc2n1.Cc1ccnc2nc(-c3cc(C4CC4c4cnn(C)c4)nn3C)nn12. The van der Waals surface area contributed by atoms with Gasteiger partial charge in [-0.15, -0.1) is 10.2 Å². The van der Waals surface area contributed by atoms with E-state index in [1.807, 2.05) is 105 Å². The van der Waals surface area contributed by atoms with E-state index in [1.165, 1.54) is 11.1 Å². The summed E-state index contributed by atoms with van der Waals surface area (Å²) in [5.74, 6) is 4.43. The molecule has 2 fully saturated rings. The minimum atomic E-state index is 0.445. The summed E-state index contributed by atoms with van der Waals surface area (Å²) in [6.45, 7) is 7.94. The summed E-state index contributed by atoms with van der Waals surface area (Å²) >= 11 is 0. The quantitative estimate of drug-likeness (QED) is 0.238. The molecule has 4 atom stereocenters. The molecule has 0 amide bonds. The van der Waals surface area contributed by atoms with Crippen LogP contribution in [0.25, 0.3) is 34.6 Å². The first-order valence-electron chi connectivity index (χ1n) is 17.6. The summed E-state index contributed by atoms with van der Waals surface area (Å²) in [5, 5.41) is 27.1. The highest BCUT2D eigenvalue weighted by Crippen LogP contribution is 2.55. The molecule has 10 rings (SSSR count). The molecule has 2 aliphatic carbocycles. The van der Waals surface area contributed by atoms with Gasteiger partial charge in [-0.2, -0.15) is 30.4 Å². The van der Waals surface area contributed by atoms with E-state index in [4.69, 9.17) is 10.2 Å². The average molecular weight is 699 g/mol. The van der Waals surface area contributed by atoms with E-state index in [0.29, 0.717) is 46.9 Å². The van der Waals surface area contributed by atoms with Gasteiger partial charge in [-0.1, -0.05) is 13.8 Å². The van der Waals surface area contributed by atoms with Crippen molar-refractivity contribution in [3.05, 3.63) is 95.3 Å². The Labute approximate surface area is 300 Å². The van der Waals surface area contributed by atoms with E-state index < -0.39 is 0 Å². The largest absolute Gasteiger partial charge is 0.276 e. The van der Waals surface area contributed by atoms with Crippen LogP contribution in [0.2, 0.25) is 0 Å². The molecule has 0 spiro atoms. The Bertz CT molecular complexity index is 2520. The van der Waals surface area contributed by atoms with Crippen LogP contribution in [-0.2, 0) is 28.2 Å². The van der Waals surface area contributed by atoms with Gasteiger partial charge < -0.3 is 0 Å². The molecule has 0 bridgehead atoms. The highest BCUT2D eigenvalue weighted by molar-refractivity contribution is 5.55. The van der Waals surface area contributed by atoms with Crippen LogP contribution in [0, 0.1) is 13.8 Å². The number of rotatable bonds is 6. The second kappa shape index (κ2) is 12.9.